The molecule has 1 aromatic rings. The first-order valence-corrected chi connectivity index (χ1v) is 12.6. The zero-order chi connectivity index (χ0) is 24.5. The van der Waals surface area contributed by atoms with E-state index in [0.29, 0.717) is 5.92 Å². The van der Waals surface area contributed by atoms with Gasteiger partial charge in [0.25, 0.3) is 0 Å². The summed E-state index contributed by atoms with van der Waals surface area (Å²) < 4.78 is 29.8. The van der Waals surface area contributed by atoms with Gasteiger partial charge in [-0.3, -0.25) is 0 Å². The number of ether oxygens (including phenoxy) is 5. The molecule has 1 unspecified atom stereocenters. The molecular formula is C28H40O6. The van der Waals surface area contributed by atoms with E-state index in [4.69, 9.17) is 23.7 Å². The van der Waals surface area contributed by atoms with E-state index in [2.05, 4.69) is 27.7 Å². The van der Waals surface area contributed by atoms with Crippen molar-refractivity contribution in [3.63, 3.8) is 0 Å². The lowest BCUT2D eigenvalue weighted by atomic mass is 9.64. The fourth-order valence-electron chi connectivity index (χ4n) is 5.92. The SMILES string of the molecule is CC[C@@H]1C[C@]2(CO2)[C@@H](C2(C)O[C@H]2CCC(C)C)[C@H](OC)[C@@H]1OC(=O)/C=C/c1ccc(OC)cc1. The maximum atomic E-state index is 12.9. The number of carbonyl (C=O) groups is 1. The Morgan fingerprint density at radius 3 is 2.47 bits per heavy atom. The van der Waals surface area contributed by atoms with Gasteiger partial charge in [0.2, 0.25) is 0 Å². The smallest absolute Gasteiger partial charge is 0.331 e. The van der Waals surface area contributed by atoms with Gasteiger partial charge in [-0.05, 0) is 62.3 Å². The summed E-state index contributed by atoms with van der Waals surface area (Å²) in [4.78, 5) is 12.9. The van der Waals surface area contributed by atoms with E-state index in [-0.39, 0.29) is 47.3 Å². The number of epoxide rings is 2. The average molecular weight is 473 g/mol. The molecular weight excluding hydrogens is 432 g/mol. The molecule has 188 valence electrons. The number of benzene rings is 1. The van der Waals surface area contributed by atoms with Crippen LogP contribution in [0.5, 0.6) is 5.75 Å². The van der Waals surface area contributed by atoms with E-state index >= 15 is 0 Å². The van der Waals surface area contributed by atoms with Crippen molar-refractivity contribution in [1.29, 1.82) is 0 Å². The van der Waals surface area contributed by atoms with Crippen molar-refractivity contribution in [2.24, 2.45) is 17.8 Å². The number of esters is 1. The summed E-state index contributed by atoms with van der Waals surface area (Å²) >= 11 is 0. The maximum Gasteiger partial charge on any atom is 0.331 e. The highest BCUT2D eigenvalue weighted by molar-refractivity contribution is 5.87. The molecule has 2 aliphatic heterocycles. The summed E-state index contributed by atoms with van der Waals surface area (Å²) in [5.41, 5.74) is 0.366. The van der Waals surface area contributed by atoms with Crippen molar-refractivity contribution >= 4 is 12.0 Å². The number of rotatable bonds is 10. The lowest BCUT2D eigenvalue weighted by molar-refractivity contribution is -0.178. The molecule has 6 heteroatoms. The summed E-state index contributed by atoms with van der Waals surface area (Å²) in [7, 11) is 3.35. The van der Waals surface area contributed by atoms with Crippen LogP contribution in [0.25, 0.3) is 6.08 Å². The fourth-order valence-corrected chi connectivity index (χ4v) is 5.92. The Balaban J connectivity index is 1.49. The van der Waals surface area contributed by atoms with Crippen LogP contribution in [0.1, 0.15) is 58.9 Å². The molecule has 1 saturated carbocycles. The van der Waals surface area contributed by atoms with Crippen LogP contribution in [0, 0.1) is 17.8 Å². The van der Waals surface area contributed by atoms with Crippen molar-refractivity contribution in [3.8, 4) is 5.75 Å². The molecule has 6 nitrogen and oxygen atoms in total. The summed E-state index contributed by atoms with van der Waals surface area (Å²) in [6.07, 6.45) is 6.77. The summed E-state index contributed by atoms with van der Waals surface area (Å²) in [5, 5.41) is 0. The standard InChI is InChI=1S/C28H40O6/c1-7-20-16-28(17-32-28)26(27(4)22(34-27)14-8-18(2)3)25(31-6)24(20)33-23(29)15-11-19-9-12-21(30-5)13-10-19/h9-13,15,18,20,22,24-26H,7-8,14,16-17H2,1-6H3/b15-11+/t20-,22+,24-,25-,26-,27?,28+/m1/s1. The van der Waals surface area contributed by atoms with E-state index in [1.807, 2.05) is 24.3 Å². The van der Waals surface area contributed by atoms with Gasteiger partial charge in [0.1, 0.15) is 29.2 Å². The van der Waals surface area contributed by atoms with E-state index in [0.717, 1.165) is 43.6 Å². The normalized spacial score (nSPS) is 36.7. The second kappa shape index (κ2) is 10.00. The summed E-state index contributed by atoms with van der Waals surface area (Å²) in [6, 6.07) is 7.55. The minimum Gasteiger partial charge on any atom is -0.497 e. The fraction of sp³-hybridized carbons (Fsp3) is 0.679. The first kappa shape index (κ1) is 25.2. The third-order valence-corrected chi connectivity index (χ3v) is 7.99. The van der Waals surface area contributed by atoms with Crippen molar-refractivity contribution < 1.29 is 28.5 Å². The Hall–Kier alpha value is -1.89. The number of methoxy groups -OCH3 is 2. The molecule has 1 spiro atoms. The molecule has 0 aromatic heterocycles. The third kappa shape index (κ3) is 5.05. The second-order valence-corrected chi connectivity index (χ2v) is 10.7. The molecule has 1 aliphatic carbocycles. The number of hydrogen-bond donors (Lipinski definition) is 0. The van der Waals surface area contributed by atoms with E-state index in [1.165, 1.54) is 6.08 Å². The maximum absolute atomic E-state index is 12.9. The molecule has 34 heavy (non-hydrogen) atoms. The van der Waals surface area contributed by atoms with E-state index in [1.54, 1.807) is 20.3 Å². The monoisotopic (exact) mass is 472 g/mol. The molecule has 0 bridgehead atoms. The van der Waals surface area contributed by atoms with Crippen LogP contribution in [-0.2, 0) is 23.7 Å². The first-order chi connectivity index (χ1) is 16.3. The predicted octanol–water partition coefficient (Wildman–Crippen LogP) is 5.04. The Morgan fingerprint density at radius 1 is 1.21 bits per heavy atom. The van der Waals surface area contributed by atoms with Gasteiger partial charge in [-0.25, -0.2) is 4.79 Å². The highest BCUT2D eigenvalue weighted by Gasteiger charge is 2.73. The highest BCUT2D eigenvalue weighted by atomic mass is 16.6. The minimum absolute atomic E-state index is 0.0355. The zero-order valence-electron chi connectivity index (χ0n) is 21.4. The zero-order valence-corrected chi connectivity index (χ0v) is 21.4. The van der Waals surface area contributed by atoms with Gasteiger partial charge in [-0.2, -0.15) is 0 Å². The van der Waals surface area contributed by atoms with Gasteiger partial charge in [-0.15, -0.1) is 0 Å². The largest absolute Gasteiger partial charge is 0.497 e. The molecule has 0 amide bonds. The lowest BCUT2D eigenvalue weighted by Gasteiger charge is -2.46. The second-order valence-electron chi connectivity index (χ2n) is 10.7. The van der Waals surface area contributed by atoms with Crippen molar-refractivity contribution in [2.45, 2.75) is 82.9 Å². The van der Waals surface area contributed by atoms with Gasteiger partial charge in [0, 0.05) is 19.1 Å². The van der Waals surface area contributed by atoms with E-state index < -0.39 is 0 Å². The molecule has 2 heterocycles. The molecule has 1 aromatic carbocycles. The van der Waals surface area contributed by atoms with Gasteiger partial charge in [-0.1, -0.05) is 32.9 Å². The summed E-state index contributed by atoms with van der Waals surface area (Å²) in [5.74, 6) is 1.28. The first-order valence-electron chi connectivity index (χ1n) is 12.6. The average Bonchev–Trinajstić information content (AvgIpc) is 3.74. The Morgan fingerprint density at radius 2 is 1.91 bits per heavy atom. The quantitative estimate of drug-likeness (QED) is 0.270. The van der Waals surface area contributed by atoms with Crippen molar-refractivity contribution in [2.75, 3.05) is 20.8 Å². The van der Waals surface area contributed by atoms with Crippen molar-refractivity contribution in [1.82, 2.24) is 0 Å². The van der Waals surface area contributed by atoms with Gasteiger partial charge in [0.15, 0.2) is 0 Å². The topological polar surface area (TPSA) is 69.8 Å². The van der Waals surface area contributed by atoms with Crippen LogP contribution in [-0.4, -0.2) is 56.3 Å². The van der Waals surface area contributed by atoms with Crippen LogP contribution >= 0.6 is 0 Å². The number of carbonyl (C=O) groups excluding carboxylic acids is 1. The Labute approximate surface area is 203 Å². The minimum atomic E-state index is -0.356. The molecule has 0 N–H and O–H groups in total. The third-order valence-electron chi connectivity index (χ3n) is 7.99. The van der Waals surface area contributed by atoms with Gasteiger partial charge >= 0.3 is 5.97 Å². The molecule has 3 fully saturated rings. The predicted molar refractivity (Wildman–Crippen MR) is 131 cm³/mol. The van der Waals surface area contributed by atoms with Crippen LogP contribution in [0.4, 0.5) is 0 Å². The van der Waals surface area contributed by atoms with Crippen LogP contribution < -0.4 is 4.74 Å². The molecule has 2 saturated heterocycles. The molecule has 3 aliphatic rings. The number of hydrogen-bond acceptors (Lipinski definition) is 6. The van der Waals surface area contributed by atoms with Gasteiger partial charge in [0.05, 0.1) is 25.7 Å². The Bertz CT molecular complexity index is 873. The van der Waals surface area contributed by atoms with Gasteiger partial charge < -0.3 is 23.7 Å². The van der Waals surface area contributed by atoms with Crippen LogP contribution in [0.15, 0.2) is 30.3 Å². The molecule has 0 radical (unpaired) electrons. The Kier molecular flexibility index (Phi) is 7.41. The lowest BCUT2D eigenvalue weighted by Crippen LogP contribution is -2.59. The van der Waals surface area contributed by atoms with E-state index in [9.17, 15) is 4.79 Å². The van der Waals surface area contributed by atoms with Crippen LogP contribution in [0.2, 0.25) is 0 Å². The highest BCUT2D eigenvalue weighted by Crippen LogP contribution is 2.61. The van der Waals surface area contributed by atoms with Crippen LogP contribution in [0.3, 0.4) is 0 Å². The van der Waals surface area contributed by atoms with Crippen molar-refractivity contribution in [3.05, 3.63) is 35.9 Å². The summed E-state index contributed by atoms with van der Waals surface area (Å²) in [6.45, 7) is 9.53. The molecule has 7 atom stereocenters. The molecule has 4 rings (SSSR count).